The monoisotopic (exact) mass is 293 g/mol. The van der Waals surface area contributed by atoms with Gasteiger partial charge < -0.3 is 14.5 Å². The maximum Gasteiger partial charge on any atom is 0.130 e. The predicted octanol–water partition coefficient (Wildman–Crippen LogP) is 4.43. The number of ether oxygens (including phenoxy) is 1. The minimum atomic E-state index is 0.395. The van der Waals surface area contributed by atoms with Gasteiger partial charge in [0, 0.05) is 6.04 Å². The van der Waals surface area contributed by atoms with Gasteiger partial charge in [-0.15, -0.1) is 0 Å². The van der Waals surface area contributed by atoms with Crippen LogP contribution in [0.1, 0.15) is 64.0 Å². The molecule has 1 aliphatic carbocycles. The van der Waals surface area contributed by atoms with Gasteiger partial charge in [0.1, 0.15) is 18.1 Å². The van der Waals surface area contributed by atoms with Gasteiger partial charge in [0.25, 0.3) is 0 Å². The first kappa shape index (κ1) is 16.6. The van der Waals surface area contributed by atoms with Gasteiger partial charge >= 0.3 is 0 Å². The third-order valence-corrected chi connectivity index (χ3v) is 4.34. The molecule has 1 aromatic heterocycles. The lowest BCUT2D eigenvalue weighted by molar-refractivity contribution is -0.0159. The van der Waals surface area contributed by atoms with E-state index in [0.29, 0.717) is 18.8 Å². The Morgan fingerprint density at radius 3 is 2.52 bits per heavy atom. The molecule has 1 saturated carbocycles. The molecule has 0 radical (unpaired) electrons. The molecule has 3 nitrogen and oxygen atoms in total. The van der Waals surface area contributed by atoms with E-state index >= 15 is 0 Å². The Bertz CT molecular complexity index is 428. The van der Waals surface area contributed by atoms with Gasteiger partial charge in [-0.1, -0.05) is 27.7 Å². The third kappa shape index (κ3) is 5.15. The number of aryl methyl sites for hydroxylation is 1. The van der Waals surface area contributed by atoms with Crippen LogP contribution in [0.25, 0.3) is 0 Å². The second-order valence-corrected chi connectivity index (χ2v) is 7.20. The van der Waals surface area contributed by atoms with Crippen molar-refractivity contribution in [2.75, 3.05) is 0 Å². The Kier molecular flexibility index (Phi) is 5.88. The Balaban J connectivity index is 1.84. The first-order valence-corrected chi connectivity index (χ1v) is 8.37. The summed E-state index contributed by atoms with van der Waals surface area (Å²) in [4.78, 5) is 0. The maximum atomic E-state index is 6.09. The summed E-state index contributed by atoms with van der Waals surface area (Å²) in [5, 5.41) is 3.40. The minimum Gasteiger partial charge on any atom is -0.462 e. The van der Waals surface area contributed by atoms with Gasteiger partial charge in [-0.2, -0.15) is 0 Å². The molecular weight excluding hydrogens is 262 g/mol. The topological polar surface area (TPSA) is 34.4 Å². The van der Waals surface area contributed by atoms with E-state index in [1.165, 1.54) is 24.8 Å². The van der Waals surface area contributed by atoms with E-state index in [-0.39, 0.29) is 0 Å². The average Bonchev–Trinajstić information content (AvgIpc) is 2.73. The number of hydrogen-bond donors (Lipinski definition) is 1. The van der Waals surface area contributed by atoms with E-state index in [2.05, 4.69) is 46.0 Å². The molecule has 2 unspecified atom stereocenters. The van der Waals surface area contributed by atoms with Crippen LogP contribution in [0.4, 0.5) is 0 Å². The molecule has 1 N–H and O–H groups in total. The second kappa shape index (κ2) is 7.46. The number of furan rings is 1. The summed E-state index contributed by atoms with van der Waals surface area (Å²) >= 11 is 0. The number of rotatable bonds is 6. The lowest BCUT2D eigenvalue weighted by Gasteiger charge is -2.31. The summed E-state index contributed by atoms with van der Waals surface area (Å²) in [5.41, 5.74) is 1.21. The van der Waals surface area contributed by atoms with Crippen molar-refractivity contribution in [2.45, 2.75) is 79.2 Å². The van der Waals surface area contributed by atoms with Gasteiger partial charge in [0.15, 0.2) is 0 Å². The number of nitrogens with one attached hydrogen (secondary N) is 1. The third-order valence-electron chi connectivity index (χ3n) is 4.34. The lowest BCUT2D eigenvalue weighted by Crippen LogP contribution is -2.26. The molecule has 120 valence electrons. The standard InChI is InChI=1S/C18H31NO2/c1-12(2)19-10-18-15(5)9-17(21-18)11-20-16-7-13(3)6-14(4)8-16/h9,12-14,16,19H,6-8,10-11H2,1-5H3. The van der Waals surface area contributed by atoms with E-state index in [9.17, 15) is 0 Å². The Morgan fingerprint density at radius 1 is 1.24 bits per heavy atom. The molecule has 0 spiro atoms. The lowest BCUT2D eigenvalue weighted by atomic mass is 9.82. The molecule has 1 aromatic rings. The zero-order valence-corrected chi connectivity index (χ0v) is 14.2. The van der Waals surface area contributed by atoms with E-state index in [0.717, 1.165) is 29.9 Å². The van der Waals surface area contributed by atoms with Crippen LogP contribution in [0, 0.1) is 18.8 Å². The van der Waals surface area contributed by atoms with E-state index in [1.54, 1.807) is 0 Å². The summed E-state index contributed by atoms with van der Waals surface area (Å²) in [5.74, 6) is 3.55. The first-order chi connectivity index (χ1) is 9.94. The van der Waals surface area contributed by atoms with Crippen molar-refractivity contribution in [3.05, 3.63) is 23.2 Å². The van der Waals surface area contributed by atoms with Crippen molar-refractivity contribution in [1.29, 1.82) is 0 Å². The van der Waals surface area contributed by atoms with Crippen LogP contribution in [-0.2, 0) is 17.9 Å². The highest BCUT2D eigenvalue weighted by Gasteiger charge is 2.24. The molecule has 1 aliphatic rings. The summed E-state index contributed by atoms with van der Waals surface area (Å²) in [6.45, 7) is 12.5. The summed E-state index contributed by atoms with van der Waals surface area (Å²) in [7, 11) is 0. The smallest absolute Gasteiger partial charge is 0.130 e. The van der Waals surface area contributed by atoms with Crippen molar-refractivity contribution in [1.82, 2.24) is 5.32 Å². The molecule has 1 fully saturated rings. The van der Waals surface area contributed by atoms with Gasteiger partial charge in [-0.05, 0) is 49.7 Å². The van der Waals surface area contributed by atoms with Crippen molar-refractivity contribution < 1.29 is 9.15 Å². The van der Waals surface area contributed by atoms with Gasteiger partial charge in [-0.3, -0.25) is 0 Å². The van der Waals surface area contributed by atoms with E-state index in [1.807, 2.05) is 0 Å². The zero-order valence-electron chi connectivity index (χ0n) is 14.2. The Labute approximate surface area is 129 Å². The molecule has 0 aliphatic heterocycles. The highest BCUT2D eigenvalue weighted by atomic mass is 16.5. The van der Waals surface area contributed by atoms with Crippen LogP contribution in [0.5, 0.6) is 0 Å². The van der Waals surface area contributed by atoms with Crippen molar-refractivity contribution in [3.8, 4) is 0 Å². The average molecular weight is 293 g/mol. The van der Waals surface area contributed by atoms with E-state index in [4.69, 9.17) is 9.15 Å². The quantitative estimate of drug-likeness (QED) is 0.842. The van der Waals surface area contributed by atoms with Gasteiger partial charge in [0.05, 0.1) is 12.6 Å². The summed E-state index contributed by atoms with van der Waals surface area (Å²) in [6.07, 6.45) is 4.11. The molecule has 2 rings (SSSR count). The summed E-state index contributed by atoms with van der Waals surface area (Å²) < 4.78 is 12.0. The normalized spacial score (nSPS) is 26.5. The largest absolute Gasteiger partial charge is 0.462 e. The SMILES string of the molecule is Cc1cc(COC2CC(C)CC(C)C2)oc1CNC(C)C. The van der Waals surface area contributed by atoms with Crippen molar-refractivity contribution in [2.24, 2.45) is 11.8 Å². The van der Waals surface area contributed by atoms with Gasteiger partial charge in [0.2, 0.25) is 0 Å². The van der Waals surface area contributed by atoms with Crippen LogP contribution in [0.3, 0.4) is 0 Å². The second-order valence-electron chi connectivity index (χ2n) is 7.20. The Morgan fingerprint density at radius 2 is 1.90 bits per heavy atom. The van der Waals surface area contributed by atoms with Crippen molar-refractivity contribution in [3.63, 3.8) is 0 Å². The molecule has 21 heavy (non-hydrogen) atoms. The van der Waals surface area contributed by atoms with Crippen LogP contribution in [-0.4, -0.2) is 12.1 Å². The molecule has 1 heterocycles. The molecular formula is C18H31NO2. The maximum absolute atomic E-state index is 6.09. The molecule has 0 bridgehead atoms. The fourth-order valence-corrected chi connectivity index (χ4v) is 3.34. The van der Waals surface area contributed by atoms with E-state index < -0.39 is 0 Å². The highest BCUT2D eigenvalue weighted by molar-refractivity contribution is 5.19. The van der Waals surface area contributed by atoms with Crippen LogP contribution < -0.4 is 5.32 Å². The fraction of sp³-hybridized carbons (Fsp3) is 0.778. The molecule has 0 aromatic carbocycles. The molecule has 0 saturated heterocycles. The summed E-state index contributed by atoms with van der Waals surface area (Å²) in [6, 6.07) is 2.59. The van der Waals surface area contributed by atoms with Crippen molar-refractivity contribution >= 4 is 0 Å². The molecule has 2 atom stereocenters. The first-order valence-electron chi connectivity index (χ1n) is 8.37. The van der Waals surface area contributed by atoms with Crippen LogP contribution >= 0.6 is 0 Å². The van der Waals surface area contributed by atoms with Crippen LogP contribution in [0.15, 0.2) is 10.5 Å². The Hall–Kier alpha value is -0.800. The number of hydrogen-bond acceptors (Lipinski definition) is 3. The zero-order chi connectivity index (χ0) is 15.4. The predicted molar refractivity (Wildman–Crippen MR) is 86.2 cm³/mol. The molecule has 0 amide bonds. The molecule has 3 heteroatoms. The van der Waals surface area contributed by atoms with Crippen LogP contribution in [0.2, 0.25) is 0 Å². The van der Waals surface area contributed by atoms with Gasteiger partial charge in [-0.25, -0.2) is 0 Å². The fourth-order valence-electron chi connectivity index (χ4n) is 3.34. The highest BCUT2D eigenvalue weighted by Crippen LogP contribution is 2.31. The minimum absolute atomic E-state index is 0.395.